The number of carbonyl (C=O) groups excluding carboxylic acids is 1. The number of nitrogens with zero attached hydrogens (tertiary/aromatic N) is 8. The van der Waals surface area contributed by atoms with Gasteiger partial charge in [0.05, 0.1) is 86.9 Å². The lowest BCUT2D eigenvalue weighted by Gasteiger charge is -2.50. The van der Waals surface area contributed by atoms with Crippen LogP contribution in [-0.4, -0.2) is 111 Å². The van der Waals surface area contributed by atoms with Crippen molar-refractivity contribution in [2.24, 2.45) is 0 Å². The van der Waals surface area contributed by atoms with E-state index in [9.17, 15) is 4.79 Å². The molecular formula is C63H61ClF4N8O8. The van der Waals surface area contributed by atoms with Gasteiger partial charge in [0.25, 0.3) is 0 Å². The van der Waals surface area contributed by atoms with Gasteiger partial charge in [-0.2, -0.15) is 23.1 Å². The number of benzene rings is 5. The molecule has 436 valence electrons. The number of fused-ring (bicyclic) bond motifs is 1. The number of hydrogen-bond donors (Lipinski definition) is 0. The number of hydrogen-bond acceptors (Lipinski definition) is 15. The lowest BCUT2D eigenvalue weighted by molar-refractivity contribution is -0.168. The third-order valence-electron chi connectivity index (χ3n) is 15.5. The molecule has 0 bridgehead atoms. The molecule has 0 spiro atoms. The van der Waals surface area contributed by atoms with E-state index in [0.29, 0.717) is 54.8 Å². The first-order valence-corrected chi connectivity index (χ1v) is 27.7. The van der Waals surface area contributed by atoms with Gasteiger partial charge >= 0.3 is 12.2 Å². The van der Waals surface area contributed by atoms with Crippen LogP contribution in [0.1, 0.15) is 51.4 Å². The van der Waals surface area contributed by atoms with E-state index in [4.69, 9.17) is 64.7 Å². The minimum Gasteiger partial charge on any atom is -0.497 e. The van der Waals surface area contributed by atoms with E-state index in [1.165, 1.54) is 13.0 Å². The predicted molar refractivity (Wildman–Crippen MR) is 310 cm³/mol. The first-order valence-electron chi connectivity index (χ1n) is 27.3. The number of halogens is 5. The second kappa shape index (κ2) is 24.3. The second-order valence-electron chi connectivity index (χ2n) is 20.9. The normalized spacial score (nSPS) is 16.0. The fourth-order valence-corrected chi connectivity index (χ4v) is 11.7. The number of amides is 1. The van der Waals surface area contributed by atoms with Crippen LogP contribution in [0.2, 0.25) is 5.02 Å². The van der Waals surface area contributed by atoms with Crippen molar-refractivity contribution in [3.8, 4) is 46.0 Å². The highest BCUT2D eigenvalue weighted by molar-refractivity contribution is 6.36. The maximum Gasteiger partial charge on any atom is 0.418 e. The Kier molecular flexibility index (Phi) is 16.5. The van der Waals surface area contributed by atoms with E-state index in [-0.39, 0.29) is 91.8 Å². The molecule has 0 radical (unpaired) electrons. The third kappa shape index (κ3) is 11.7. The molecule has 5 aromatic carbocycles. The topological polar surface area (TPSA) is 146 Å². The summed E-state index contributed by atoms with van der Waals surface area (Å²) in [6.07, 6.45) is -2.45. The van der Waals surface area contributed by atoms with Crippen molar-refractivity contribution in [2.75, 3.05) is 83.2 Å². The van der Waals surface area contributed by atoms with E-state index in [1.807, 2.05) is 102 Å². The zero-order valence-corrected chi connectivity index (χ0v) is 47.8. The average Bonchev–Trinajstić information content (AvgIpc) is 1.56. The van der Waals surface area contributed by atoms with Crippen LogP contribution in [0, 0.1) is 12.7 Å². The maximum absolute atomic E-state index is 18.7. The highest BCUT2D eigenvalue weighted by atomic mass is 35.5. The van der Waals surface area contributed by atoms with Crippen molar-refractivity contribution in [3.05, 3.63) is 171 Å². The zero-order valence-electron chi connectivity index (χ0n) is 47.1. The molecule has 2 saturated heterocycles. The van der Waals surface area contributed by atoms with E-state index in [1.54, 1.807) is 68.7 Å². The molecule has 3 atom stereocenters. The summed E-state index contributed by atoms with van der Waals surface area (Å²) in [4.78, 5) is 40.0. The molecule has 0 aliphatic carbocycles. The van der Waals surface area contributed by atoms with Crippen LogP contribution in [0.4, 0.5) is 35.0 Å². The summed E-state index contributed by atoms with van der Waals surface area (Å²) in [7, 11) is 8.25. The molecule has 16 nitrogen and oxygen atoms in total. The molecule has 3 aliphatic rings. The minimum absolute atomic E-state index is 0.00278. The highest BCUT2D eigenvalue weighted by Gasteiger charge is 2.45. The highest BCUT2D eigenvalue weighted by Crippen LogP contribution is 2.52. The monoisotopic (exact) mass is 1170 g/mol. The van der Waals surface area contributed by atoms with Crippen LogP contribution >= 0.6 is 11.6 Å². The predicted octanol–water partition coefficient (Wildman–Crippen LogP) is 11.6. The Morgan fingerprint density at radius 2 is 1.37 bits per heavy atom. The molecular weight excluding hydrogens is 1110 g/mol. The summed E-state index contributed by atoms with van der Waals surface area (Å²) in [5, 5.41) is -0.469. The van der Waals surface area contributed by atoms with Crippen molar-refractivity contribution < 1.29 is 55.5 Å². The summed E-state index contributed by atoms with van der Waals surface area (Å²) < 4.78 is 107. The van der Waals surface area contributed by atoms with E-state index in [2.05, 4.69) is 0 Å². The first-order chi connectivity index (χ1) is 40.6. The van der Waals surface area contributed by atoms with Crippen LogP contribution in [0.3, 0.4) is 0 Å². The lowest BCUT2D eigenvalue weighted by atomic mass is 9.92. The molecule has 2 fully saturated rings. The Labute approximate surface area is 488 Å². The van der Waals surface area contributed by atoms with Crippen molar-refractivity contribution in [1.29, 1.82) is 0 Å². The average molecular weight is 1170 g/mol. The first kappa shape index (κ1) is 57.2. The molecule has 84 heavy (non-hydrogen) atoms. The van der Waals surface area contributed by atoms with E-state index < -0.39 is 45.4 Å². The van der Waals surface area contributed by atoms with Gasteiger partial charge in [0.2, 0.25) is 5.91 Å². The Morgan fingerprint density at radius 3 is 1.94 bits per heavy atom. The van der Waals surface area contributed by atoms with Gasteiger partial charge in [-0.05, 0) is 108 Å². The fourth-order valence-electron chi connectivity index (χ4n) is 11.4. The largest absolute Gasteiger partial charge is 0.497 e. The number of anilines is 3. The molecule has 0 N–H and O–H groups in total. The molecule has 6 heterocycles. The fraction of sp³-hybridized carbons (Fsp3) is 0.317. The SMILES string of the molecule is COc1ccc(C[C@H](c2cccnc2N(C)Cc2ccc(OC)cc2)N2CCOc3c(Cl)c(-c4nc(N(Cc5ccc(OC)cc5)Cc5ccc(OC)cc5)cc(C)c4C(F)(F)F)c(F)c4nc(OC[C@@H]5C[C@H]6COCC(=O)N65)nc2c34)cc1. The number of alkyl halides is 3. The maximum atomic E-state index is 18.7. The van der Waals surface area contributed by atoms with Crippen LogP contribution in [0.15, 0.2) is 121 Å². The summed E-state index contributed by atoms with van der Waals surface area (Å²) >= 11 is 7.44. The number of morpholine rings is 1. The summed E-state index contributed by atoms with van der Waals surface area (Å²) in [5.74, 6) is 1.90. The number of carbonyl (C=O) groups is 1. The molecule has 8 aromatic rings. The molecule has 3 aromatic heterocycles. The second-order valence-corrected chi connectivity index (χ2v) is 21.2. The number of pyridine rings is 2. The van der Waals surface area contributed by atoms with Gasteiger partial charge < -0.3 is 52.8 Å². The van der Waals surface area contributed by atoms with Crippen molar-refractivity contribution in [2.45, 2.75) is 63.7 Å². The lowest BCUT2D eigenvalue weighted by Crippen LogP contribution is -2.65. The van der Waals surface area contributed by atoms with Gasteiger partial charge in [-0.1, -0.05) is 66.2 Å². The number of aromatic nitrogens is 4. The van der Waals surface area contributed by atoms with Gasteiger partial charge in [-0.25, -0.2) is 14.4 Å². The molecule has 0 unspecified atom stereocenters. The van der Waals surface area contributed by atoms with Gasteiger partial charge in [0.15, 0.2) is 11.6 Å². The Bertz CT molecular complexity index is 3630. The van der Waals surface area contributed by atoms with Crippen LogP contribution in [0.5, 0.6) is 34.8 Å². The third-order valence-corrected chi connectivity index (χ3v) is 15.9. The zero-order chi connectivity index (χ0) is 58.8. The Balaban J connectivity index is 1.10. The van der Waals surface area contributed by atoms with Crippen molar-refractivity contribution in [3.63, 3.8) is 0 Å². The summed E-state index contributed by atoms with van der Waals surface area (Å²) in [6, 6.07) is 33.6. The molecule has 1 amide bonds. The smallest absolute Gasteiger partial charge is 0.418 e. The number of methoxy groups -OCH3 is 4. The van der Waals surface area contributed by atoms with Crippen LogP contribution < -0.4 is 43.1 Å². The van der Waals surface area contributed by atoms with Gasteiger partial charge in [-0.3, -0.25) is 4.79 Å². The number of aryl methyl sites for hydroxylation is 1. The van der Waals surface area contributed by atoms with Crippen LogP contribution in [0.25, 0.3) is 22.2 Å². The Hall–Kier alpha value is -8.62. The summed E-state index contributed by atoms with van der Waals surface area (Å²) in [6.45, 7) is 2.35. The Morgan fingerprint density at radius 1 is 0.786 bits per heavy atom. The molecule has 0 saturated carbocycles. The standard InChI is InChI=1S/C63H61ClF4N8O8/c1-37-28-50(74(32-40-13-21-46(80-5)22-14-40)33-41-15-23-47(81-6)24-16-41)70-57(54(37)63(66,67)68)52-55(64)59-53-58(56(52)65)71-62(84-35-43-30-42-34-82-36-51(77)76(42)43)72-61(53)75(26-27-83-59)49(29-38-9-17-44(78-3)18-10-38)48-8-7-25-69-60(48)73(2)31-39-11-19-45(79-4)20-12-39/h7-25,28,42-43,49H,26-27,29-36H2,1-6H3/t42-,43-,49+/m0/s1. The van der Waals surface area contributed by atoms with E-state index in [0.717, 1.165) is 27.8 Å². The minimum atomic E-state index is -5.06. The number of rotatable bonds is 20. The van der Waals surface area contributed by atoms with Crippen LogP contribution in [-0.2, 0) is 41.8 Å². The number of ether oxygens (including phenoxy) is 7. The quantitative estimate of drug-likeness (QED) is 0.0667. The van der Waals surface area contributed by atoms with Gasteiger partial charge in [-0.15, -0.1) is 0 Å². The molecule has 21 heteroatoms. The van der Waals surface area contributed by atoms with Gasteiger partial charge in [0.1, 0.15) is 65.8 Å². The molecule has 11 rings (SSSR count). The molecule has 3 aliphatic heterocycles. The summed E-state index contributed by atoms with van der Waals surface area (Å²) in [5.41, 5.74) is 0.899. The van der Waals surface area contributed by atoms with E-state index >= 15 is 17.6 Å². The van der Waals surface area contributed by atoms with Crippen molar-refractivity contribution in [1.82, 2.24) is 24.8 Å². The van der Waals surface area contributed by atoms with Crippen molar-refractivity contribution >= 4 is 45.9 Å². The van der Waals surface area contributed by atoms with Gasteiger partial charge in [0, 0.05) is 38.4 Å².